The van der Waals surface area contributed by atoms with Crippen molar-refractivity contribution in [3.8, 4) is 22.5 Å². The van der Waals surface area contributed by atoms with Crippen LogP contribution in [0.2, 0.25) is 0 Å². The van der Waals surface area contributed by atoms with Crippen LogP contribution in [0.15, 0.2) is 54.6 Å². The third-order valence-corrected chi connectivity index (χ3v) is 2.85. The first kappa shape index (κ1) is 12.2. The Labute approximate surface area is 115 Å². The van der Waals surface area contributed by atoms with Crippen molar-refractivity contribution >= 4 is 5.95 Å². The molecule has 3 aromatic rings. The van der Waals surface area contributed by atoms with Crippen molar-refractivity contribution in [3.05, 3.63) is 60.4 Å². The van der Waals surface area contributed by atoms with Gasteiger partial charge in [0.25, 0.3) is 0 Å². The topological polar surface area (TPSA) is 64.7 Å². The van der Waals surface area contributed by atoms with Gasteiger partial charge < -0.3 is 5.73 Å². The first-order valence-electron chi connectivity index (χ1n) is 6.05. The summed E-state index contributed by atoms with van der Waals surface area (Å²) in [7, 11) is 0. The van der Waals surface area contributed by atoms with Gasteiger partial charge in [-0.25, -0.2) is 9.37 Å². The molecule has 0 saturated heterocycles. The molecule has 0 bridgehead atoms. The van der Waals surface area contributed by atoms with Crippen LogP contribution in [-0.2, 0) is 0 Å². The second-order valence-electron chi connectivity index (χ2n) is 4.24. The van der Waals surface area contributed by atoms with Crippen LogP contribution in [0, 0.1) is 5.82 Å². The Hall–Kier alpha value is -2.82. The van der Waals surface area contributed by atoms with Gasteiger partial charge in [0, 0.05) is 11.1 Å². The lowest BCUT2D eigenvalue weighted by molar-refractivity contribution is 0.628. The van der Waals surface area contributed by atoms with E-state index in [-0.39, 0.29) is 11.8 Å². The van der Waals surface area contributed by atoms with Crippen molar-refractivity contribution in [2.75, 3.05) is 5.73 Å². The Morgan fingerprint density at radius 1 is 0.800 bits per heavy atom. The number of hydrogen-bond donors (Lipinski definition) is 1. The van der Waals surface area contributed by atoms with Gasteiger partial charge in [-0.2, -0.15) is 0 Å². The van der Waals surface area contributed by atoms with Gasteiger partial charge in [0.1, 0.15) is 17.2 Å². The maximum Gasteiger partial charge on any atom is 0.240 e. The number of anilines is 1. The molecule has 0 atom stereocenters. The quantitative estimate of drug-likeness (QED) is 0.774. The fourth-order valence-corrected chi connectivity index (χ4v) is 1.97. The SMILES string of the molecule is Nc1nnc(-c2cccc(F)c2)c(-c2ccccc2)n1. The Bertz CT molecular complexity index is 744. The van der Waals surface area contributed by atoms with Gasteiger partial charge in [0.2, 0.25) is 5.95 Å². The van der Waals surface area contributed by atoms with Crippen LogP contribution in [0.4, 0.5) is 10.3 Å². The average Bonchev–Trinajstić information content (AvgIpc) is 2.48. The summed E-state index contributed by atoms with van der Waals surface area (Å²) in [5.41, 5.74) is 8.17. The molecule has 0 aliphatic carbocycles. The second kappa shape index (κ2) is 5.05. The van der Waals surface area contributed by atoms with Crippen LogP contribution < -0.4 is 5.73 Å². The third kappa shape index (κ3) is 2.33. The van der Waals surface area contributed by atoms with E-state index < -0.39 is 0 Å². The zero-order chi connectivity index (χ0) is 13.9. The van der Waals surface area contributed by atoms with Crippen molar-refractivity contribution in [2.45, 2.75) is 0 Å². The number of aromatic nitrogens is 3. The van der Waals surface area contributed by atoms with Crippen molar-refractivity contribution < 1.29 is 4.39 Å². The normalized spacial score (nSPS) is 10.4. The second-order valence-corrected chi connectivity index (χ2v) is 4.24. The first-order chi connectivity index (χ1) is 9.74. The summed E-state index contributed by atoms with van der Waals surface area (Å²) in [5, 5.41) is 7.83. The van der Waals surface area contributed by atoms with Crippen molar-refractivity contribution in [2.24, 2.45) is 0 Å². The van der Waals surface area contributed by atoms with Crippen LogP contribution in [-0.4, -0.2) is 15.2 Å². The summed E-state index contributed by atoms with van der Waals surface area (Å²) in [6.45, 7) is 0. The molecule has 1 aromatic heterocycles. The van der Waals surface area contributed by atoms with E-state index in [0.717, 1.165) is 5.56 Å². The summed E-state index contributed by atoms with van der Waals surface area (Å²) in [5.74, 6) is -0.246. The average molecular weight is 266 g/mol. The molecule has 0 fully saturated rings. The highest BCUT2D eigenvalue weighted by Crippen LogP contribution is 2.28. The molecule has 0 radical (unpaired) electrons. The Morgan fingerprint density at radius 3 is 2.30 bits per heavy atom. The molecule has 0 saturated carbocycles. The summed E-state index contributed by atoms with van der Waals surface area (Å²) >= 11 is 0. The van der Waals surface area contributed by atoms with Gasteiger partial charge in [0.15, 0.2) is 0 Å². The van der Waals surface area contributed by atoms with E-state index in [4.69, 9.17) is 5.73 Å². The minimum atomic E-state index is -0.333. The van der Waals surface area contributed by atoms with Crippen LogP contribution in [0.3, 0.4) is 0 Å². The van der Waals surface area contributed by atoms with Crippen molar-refractivity contribution in [3.63, 3.8) is 0 Å². The molecule has 3 rings (SSSR count). The molecule has 98 valence electrons. The molecule has 20 heavy (non-hydrogen) atoms. The number of hydrogen-bond acceptors (Lipinski definition) is 4. The number of nitrogens with two attached hydrogens (primary N) is 1. The lowest BCUT2D eigenvalue weighted by Crippen LogP contribution is -2.02. The Balaban J connectivity index is 2.22. The molecule has 2 N–H and O–H groups in total. The van der Waals surface area contributed by atoms with Crippen molar-refractivity contribution in [1.82, 2.24) is 15.2 Å². The number of rotatable bonds is 2. The standard InChI is InChI=1S/C15H11FN4/c16-12-8-4-7-11(9-12)14-13(18-15(17)20-19-14)10-5-2-1-3-6-10/h1-9H,(H2,17,18,20). The highest BCUT2D eigenvalue weighted by Gasteiger charge is 2.12. The number of nitrogens with zero attached hydrogens (tertiary/aromatic N) is 3. The molecule has 0 aliphatic heterocycles. The molecule has 0 amide bonds. The molecule has 1 heterocycles. The summed E-state index contributed by atoms with van der Waals surface area (Å²) in [6.07, 6.45) is 0. The molecule has 2 aromatic carbocycles. The predicted octanol–water partition coefficient (Wildman–Crippen LogP) is 2.93. The van der Waals surface area contributed by atoms with Crippen LogP contribution in [0.5, 0.6) is 0 Å². The molecule has 0 spiro atoms. The highest BCUT2D eigenvalue weighted by atomic mass is 19.1. The zero-order valence-electron chi connectivity index (χ0n) is 10.5. The van der Waals surface area contributed by atoms with Gasteiger partial charge in [-0.15, -0.1) is 10.2 Å². The monoisotopic (exact) mass is 266 g/mol. The first-order valence-corrected chi connectivity index (χ1v) is 6.05. The fourth-order valence-electron chi connectivity index (χ4n) is 1.97. The number of halogens is 1. The van der Waals surface area contributed by atoms with Crippen LogP contribution in [0.25, 0.3) is 22.5 Å². The van der Waals surface area contributed by atoms with Gasteiger partial charge in [0.05, 0.1) is 0 Å². The molecule has 4 nitrogen and oxygen atoms in total. The van der Waals surface area contributed by atoms with Gasteiger partial charge in [-0.05, 0) is 12.1 Å². The van der Waals surface area contributed by atoms with E-state index in [1.807, 2.05) is 30.3 Å². The molecule has 5 heteroatoms. The fraction of sp³-hybridized carbons (Fsp3) is 0. The predicted molar refractivity (Wildman–Crippen MR) is 75.1 cm³/mol. The van der Waals surface area contributed by atoms with Crippen molar-refractivity contribution in [1.29, 1.82) is 0 Å². The summed E-state index contributed by atoms with van der Waals surface area (Å²) in [6, 6.07) is 15.6. The molecular formula is C15H11FN4. The highest BCUT2D eigenvalue weighted by molar-refractivity contribution is 5.77. The van der Waals surface area contributed by atoms with Crippen LogP contribution in [0.1, 0.15) is 0 Å². The number of nitrogen functional groups attached to an aromatic ring is 1. The van der Waals surface area contributed by atoms with Gasteiger partial charge in [-0.1, -0.05) is 42.5 Å². The maximum absolute atomic E-state index is 13.4. The largest absolute Gasteiger partial charge is 0.366 e. The zero-order valence-corrected chi connectivity index (χ0v) is 10.5. The van der Waals surface area contributed by atoms with E-state index in [1.165, 1.54) is 12.1 Å². The minimum Gasteiger partial charge on any atom is -0.366 e. The van der Waals surface area contributed by atoms with Gasteiger partial charge in [-0.3, -0.25) is 0 Å². The third-order valence-electron chi connectivity index (χ3n) is 2.85. The Kier molecular flexibility index (Phi) is 3.09. The van der Waals surface area contributed by atoms with E-state index in [9.17, 15) is 4.39 Å². The van der Waals surface area contributed by atoms with E-state index in [2.05, 4.69) is 15.2 Å². The smallest absolute Gasteiger partial charge is 0.240 e. The molecule has 0 aliphatic rings. The maximum atomic E-state index is 13.4. The lowest BCUT2D eigenvalue weighted by Gasteiger charge is -2.08. The summed E-state index contributed by atoms with van der Waals surface area (Å²) in [4.78, 5) is 4.23. The molecular weight excluding hydrogens is 255 g/mol. The van der Waals surface area contributed by atoms with E-state index in [0.29, 0.717) is 17.0 Å². The van der Waals surface area contributed by atoms with Crippen LogP contribution >= 0.6 is 0 Å². The minimum absolute atomic E-state index is 0.0870. The molecule has 0 unspecified atom stereocenters. The van der Waals surface area contributed by atoms with E-state index in [1.54, 1.807) is 12.1 Å². The Morgan fingerprint density at radius 2 is 1.55 bits per heavy atom. The van der Waals surface area contributed by atoms with E-state index >= 15 is 0 Å². The van der Waals surface area contributed by atoms with Gasteiger partial charge >= 0.3 is 0 Å². The lowest BCUT2D eigenvalue weighted by atomic mass is 10.0. The summed E-state index contributed by atoms with van der Waals surface area (Å²) < 4.78 is 13.4. The number of benzene rings is 2.